The molecule has 0 bridgehead atoms. The average molecular weight is 432 g/mol. The molecule has 10 heteroatoms. The van der Waals surface area contributed by atoms with Crippen LogP contribution in [0.4, 0.5) is 0 Å². The smallest absolute Gasteiger partial charge is 0.347 e. The number of benzene rings is 2. The lowest BCUT2D eigenvalue weighted by molar-refractivity contribution is -0.768. The lowest BCUT2D eigenvalue weighted by Crippen LogP contribution is -2.21. The van der Waals surface area contributed by atoms with Crippen LogP contribution in [0.2, 0.25) is 0 Å². The van der Waals surface area contributed by atoms with Crippen molar-refractivity contribution >= 4 is 29.0 Å². The van der Waals surface area contributed by atoms with Gasteiger partial charge < -0.3 is 20.4 Å². The van der Waals surface area contributed by atoms with Gasteiger partial charge in [0.05, 0.1) is 0 Å². The molecule has 0 aliphatic carbocycles. The summed E-state index contributed by atoms with van der Waals surface area (Å²) in [6.07, 6.45) is -0.764. The Hall–Kier alpha value is -3.53. The first-order valence-electron chi connectivity index (χ1n) is 8.96. The Bertz CT molecular complexity index is 960. The molecule has 0 saturated carbocycles. The molecule has 0 radical (unpaired) electrons. The summed E-state index contributed by atoms with van der Waals surface area (Å²) < 4.78 is 5.24. The van der Waals surface area contributed by atoms with Gasteiger partial charge in [0, 0.05) is 18.4 Å². The highest BCUT2D eigenvalue weighted by molar-refractivity contribution is 7.80. The molecule has 0 saturated heterocycles. The van der Waals surface area contributed by atoms with Gasteiger partial charge in [-0.25, -0.2) is 4.79 Å². The van der Waals surface area contributed by atoms with Crippen molar-refractivity contribution in [3.63, 3.8) is 0 Å². The van der Waals surface area contributed by atoms with Crippen LogP contribution in [-0.2, 0) is 16.1 Å². The topological polar surface area (TPSA) is 142 Å². The van der Waals surface area contributed by atoms with E-state index in [1.807, 2.05) is 0 Å². The number of hydrogen-bond acceptors (Lipinski definition) is 8. The Kier molecular flexibility index (Phi) is 7.82. The number of esters is 1. The van der Waals surface area contributed by atoms with Crippen molar-refractivity contribution in [1.29, 1.82) is 0 Å². The number of nitrogens with two attached hydrogens (primary N) is 1. The van der Waals surface area contributed by atoms with Gasteiger partial charge in [-0.1, -0.05) is 25.2 Å². The van der Waals surface area contributed by atoms with Crippen molar-refractivity contribution in [2.45, 2.75) is 32.3 Å². The fraction of sp³-hybridized carbons (Fsp3) is 0.250. The third-order valence-corrected chi connectivity index (χ3v) is 4.41. The monoisotopic (exact) mass is 432 g/mol. The normalized spacial score (nSPS) is 11.4. The Morgan fingerprint density at radius 2 is 1.90 bits per heavy atom. The second kappa shape index (κ2) is 10.3. The molecule has 0 aliphatic heterocycles. The molecule has 0 heterocycles. The molecule has 0 aromatic heterocycles. The molecular weight excluding hydrogens is 412 g/mol. The maximum Gasteiger partial charge on any atom is 0.347 e. The summed E-state index contributed by atoms with van der Waals surface area (Å²) in [6.45, 7) is 1.67. The molecule has 3 N–H and O–H groups in total. The number of aromatic hydroxyl groups is 1. The van der Waals surface area contributed by atoms with Gasteiger partial charge in [-0.3, -0.25) is 4.79 Å². The molecule has 1 unspecified atom stereocenters. The Labute approximate surface area is 177 Å². The van der Waals surface area contributed by atoms with Gasteiger partial charge in [-0.15, -0.1) is 10.1 Å². The van der Waals surface area contributed by atoms with Gasteiger partial charge in [0.15, 0.2) is 0 Å². The van der Waals surface area contributed by atoms with Crippen molar-refractivity contribution in [2.75, 3.05) is 0 Å². The van der Waals surface area contributed by atoms with E-state index in [9.17, 15) is 24.8 Å². The molecule has 2 aromatic carbocycles. The highest BCUT2D eigenvalue weighted by atomic mass is 32.1. The van der Waals surface area contributed by atoms with E-state index in [0.717, 1.165) is 0 Å². The molecule has 2 rings (SSSR count). The van der Waals surface area contributed by atoms with Crippen LogP contribution in [0.3, 0.4) is 0 Å². The zero-order chi connectivity index (χ0) is 22.3. The summed E-state index contributed by atoms with van der Waals surface area (Å²) in [6, 6.07) is 10.3. The van der Waals surface area contributed by atoms with E-state index in [4.69, 9.17) is 22.7 Å². The van der Waals surface area contributed by atoms with Crippen molar-refractivity contribution < 1.29 is 29.4 Å². The number of thiocarbonyl (C=S) groups is 1. The highest BCUT2D eigenvalue weighted by Crippen LogP contribution is 2.22. The standard InChI is InChI=1S/C20H20N2O7S/c1-2-15(29-22(26)27)11-14(23)9-12-3-8-18(24)17(10-12)20(25)28-16-6-4-13(5-7-16)19(21)30/h3-8,10,15,24H,2,9,11H2,1H3,(H2,21,30). The maximum absolute atomic E-state index is 12.4. The first-order chi connectivity index (χ1) is 14.2. The fourth-order valence-corrected chi connectivity index (χ4v) is 2.77. The molecule has 9 nitrogen and oxygen atoms in total. The number of nitrogens with zero attached hydrogens (tertiary/aromatic N) is 1. The van der Waals surface area contributed by atoms with Crippen LogP contribution in [0, 0.1) is 10.1 Å². The zero-order valence-corrected chi connectivity index (χ0v) is 16.9. The number of carbonyl (C=O) groups excluding carboxylic acids is 2. The first-order valence-corrected chi connectivity index (χ1v) is 9.37. The molecule has 30 heavy (non-hydrogen) atoms. The second-order valence-corrected chi connectivity index (χ2v) is 6.85. The lowest BCUT2D eigenvalue weighted by atomic mass is 10.0. The third-order valence-electron chi connectivity index (χ3n) is 4.18. The second-order valence-electron chi connectivity index (χ2n) is 6.41. The minimum absolute atomic E-state index is 0.0826. The summed E-state index contributed by atoms with van der Waals surface area (Å²) >= 11 is 4.86. The van der Waals surface area contributed by atoms with Gasteiger partial charge in [0.25, 0.3) is 5.09 Å². The first kappa shape index (κ1) is 22.8. The van der Waals surface area contributed by atoms with Crippen molar-refractivity contribution in [2.24, 2.45) is 5.73 Å². The highest BCUT2D eigenvalue weighted by Gasteiger charge is 2.19. The summed E-state index contributed by atoms with van der Waals surface area (Å²) in [5.41, 5.74) is 6.46. The Morgan fingerprint density at radius 1 is 1.23 bits per heavy atom. The number of hydrogen-bond donors (Lipinski definition) is 2. The van der Waals surface area contributed by atoms with Crippen molar-refractivity contribution in [1.82, 2.24) is 0 Å². The lowest BCUT2D eigenvalue weighted by Gasteiger charge is -2.12. The molecule has 1 atom stereocenters. The average Bonchev–Trinajstić information content (AvgIpc) is 2.68. The quantitative estimate of drug-likeness (QED) is 0.190. The predicted molar refractivity (Wildman–Crippen MR) is 111 cm³/mol. The van der Waals surface area contributed by atoms with Gasteiger partial charge >= 0.3 is 5.97 Å². The van der Waals surface area contributed by atoms with Crippen LogP contribution in [0.1, 0.15) is 41.3 Å². The number of rotatable bonds is 10. The molecule has 0 aliphatic rings. The maximum atomic E-state index is 12.4. The van der Waals surface area contributed by atoms with E-state index in [-0.39, 0.29) is 40.7 Å². The minimum atomic E-state index is -0.927. The molecule has 0 fully saturated rings. The molecular formula is C20H20N2O7S. The Balaban J connectivity index is 2.08. The summed E-state index contributed by atoms with van der Waals surface area (Å²) in [7, 11) is 0. The zero-order valence-electron chi connectivity index (χ0n) is 16.1. The van der Waals surface area contributed by atoms with Crippen LogP contribution >= 0.6 is 12.2 Å². The largest absolute Gasteiger partial charge is 0.507 e. The van der Waals surface area contributed by atoms with E-state index in [1.54, 1.807) is 19.1 Å². The molecule has 158 valence electrons. The van der Waals surface area contributed by atoms with Crippen LogP contribution in [0.15, 0.2) is 42.5 Å². The van der Waals surface area contributed by atoms with E-state index < -0.39 is 17.2 Å². The van der Waals surface area contributed by atoms with E-state index >= 15 is 0 Å². The number of carbonyl (C=O) groups is 2. The SMILES string of the molecule is CCC(CC(=O)Cc1ccc(O)c(C(=O)Oc2ccc(C(N)=S)cc2)c1)O[N+](=O)[O-]. The summed E-state index contributed by atoms with van der Waals surface area (Å²) in [5.74, 6) is -1.20. The van der Waals surface area contributed by atoms with Gasteiger partial charge in [0.2, 0.25) is 0 Å². The third kappa shape index (κ3) is 6.52. The number of ketones is 1. The van der Waals surface area contributed by atoms with Gasteiger partial charge in [-0.05, 0) is 48.4 Å². The number of phenolic OH excluding ortho intramolecular Hbond substituents is 1. The molecule has 0 amide bonds. The fourth-order valence-electron chi connectivity index (χ4n) is 2.64. The van der Waals surface area contributed by atoms with Crippen molar-refractivity contribution in [3.05, 3.63) is 69.3 Å². The van der Waals surface area contributed by atoms with Crippen LogP contribution in [0.25, 0.3) is 0 Å². The minimum Gasteiger partial charge on any atom is -0.507 e. The van der Waals surface area contributed by atoms with E-state index in [2.05, 4.69) is 4.84 Å². The van der Waals surface area contributed by atoms with Crippen LogP contribution in [0.5, 0.6) is 11.5 Å². The van der Waals surface area contributed by atoms with Gasteiger partial charge in [-0.2, -0.15) is 0 Å². The molecule has 2 aromatic rings. The van der Waals surface area contributed by atoms with Gasteiger partial charge in [0.1, 0.15) is 33.9 Å². The Morgan fingerprint density at radius 3 is 2.47 bits per heavy atom. The van der Waals surface area contributed by atoms with Crippen molar-refractivity contribution in [3.8, 4) is 11.5 Å². The number of ether oxygens (including phenoxy) is 1. The van der Waals surface area contributed by atoms with E-state index in [1.165, 1.54) is 30.3 Å². The number of Topliss-reactive ketones (excluding diaryl/α,β-unsaturated/α-hetero) is 1. The summed E-state index contributed by atoms with van der Waals surface area (Å²) in [4.78, 5) is 39.7. The summed E-state index contributed by atoms with van der Waals surface area (Å²) in [5, 5.41) is 19.5. The van der Waals surface area contributed by atoms with Crippen LogP contribution < -0.4 is 10.5 Å². The van der Waals surface area contributed by atoms with E-state index in [0.29, 0.717) is 17.5 Å². The predicted octanol–water partition coefficient (Wildman–Crippen LogP) is 2.73. The van der Waals surface area contributed by atoms with Crippen LogP contribution in [-0.4, -0.2) is 33.0 Å². The molecule has 0 spiro atoms. The number of phenols is 1.